The Bertz CT molecular complexity index is 544. The molecule has 1 heterocycles. The number of halogens is 1. The first-order valence-corrected chi connectivity index (χ1v) is 5.87. The van der Waals surface area contributed by atoms with Crippen molar-refractivity contribution in [2.24, 2.45) is 5.73 Å². The molecule has 0 aromatic carbocycles. The van der Waals surface area contributed by atoms with Gasteiger partial charge in [-0.05, 0) is 27.7 Å². The Balaban J connectivity index is 3.15. The van der Waals surface area contributed by atoms with Crippen molar-refractivity contribution in [1.82, 2.24) is 10.2 Å². The Morgan fingerprint density at radius 2 is 2.20 bits per heavy atom. The Labute approximate surface area is 116 Å². The molecule has 0 bridgehead atoms. The summed E-state index contributed by atoms with van der Waals surface area (Å²) in [7, 11) is 0. The molecular weight excluding hydrogens is 265 g/mol. The van der Waals surface area contributed by atoms with Gasteiger partial charge in [0.2, 0.25) is 0 Å². The van der Waals surface area contributed by atoms with Crippen molar-refractivity contribution >= 4 is 17.7 Å². The van der Waals surface area contributed by atoms with Crippen molar-refractivity contribution in [3.05, 3.63) is 23.8 Å². The zero-order valence-corrected chi connectivity index (χ0v) is 11.8. The Morgan fingerprint density at radius 1 is 1.60 bits per heavy atom. The fourth-order valence-corrected chi connectivity index (χ4v) is 1.31. The van der Waals surface area contributed by atoms with E-state index in [0.29, 0.717) is 16.8 Å². The highest BCUT2D eigenvalue weighted by Crippen LogP contribution is 2.19. The van der Waals surface area contributed by atoms with Gasteiger partial charge in [0.05, 0.1) is 0 Å². The van der Waals surface area contributed by atoms with E-state index in [-0.39, 0.29) is 5.82 Å². The SMILES string of the molecule is Cc1cc(N(C(=N)C(F)=CN)C(=O)OC(C)(C)C)n[nH]1. The summed E-state index contributed by atoms with van der Waals surface area (Å²) in [5, 5.41) is 14.1. The summed E-state index contributed by atoms with van der Waals surface area (Å²) in [5.74, 6) is -1.75. The molecule has 0 fully saturated rings. The number of nitrogens with zero attached hydrogens (tertiary/aromatic N) is 2. The van der Waals surface area contributed by atoms with Crippen LogP contribution in [0.2, 0.25) is 0 Å². The number of H-pyrrole nitrogens is 1. The maximum atomic E-state index is 13.5. The van der Waals surface area contributed by atoms with Gasteiger partial charge < -0.3 is 10.5 Å². The Kier molecular flexibility index (Phi) is 4.49. The monoisotopic (exact) mass is 283 g/mol. The van der Waals surface area contributed by atoms with Crippen molar-refractivity contribution in [3.8, 4) is 0 Å². The van der Waals surface area contributed by atoms with Crippen LogP contribution in [0.3, 0.4) is 0 Å². The molecule has 0 aliphatic rings. The largest absolute Gasteiger partial charge is 0.443 e. The number of hydrogen-bond donors (Lipinski definition) is 3. The minimum Gasteiger partial charge on any atom is -0.443 e. The number of carbonyl (C=O) groups excluding carboxylic acids is 1. The van der Waals surface area contributed by atoms with Gasteiger partial charge in [0.25, 0.3) is 0 Å². The van der Waals surface area contributed by atoms with Crippen LogP contribution >= 0.6 is 0 Å². The molecule has 1 aromatic rings. The van der Waals surface area contributed by atoms with Crippen LogP contribution in [0.1, 0.15) is 26.5 Å². The quantitative estimate of drug-likeness (QED) is 0.571. The van der Waals surface area contributed by atoms with Crippen molar-refractivity contribution < 1.29 is 13.9 Å². The van der Waals surface area contributed by atoms with Crippen molar-refractivity contribution in [2.75, 3.05) is 4.90 Å². The van der Waals surface area contributed by atoms with Crippen LogP contribution < -0.4 is 10.6 Å². The third kappa shape index (κ3) is 3.81. The van der Waals surface area contributed by atoms with E-state index in [9.17, 15) is 9.18 Å². The first-order valence-electron chi connectivity index (χ1n) is 5.87. The first-order chi connectivity index (χ1) is 9.15. The number of nitrogens with one attached hydrogen (secondary N) is 2. The minimum absolute atomic E-state index is 0.0544. The summed E-state index contributed by atoms with van der Waals surface area (Å²) in [6, 6.07) is 1.49. The second-order valence-corrected chi connectivity index (χ2v) is 5.09. The number of aromatic amines is 1. The summed E-state index contributed by atoms with van der Waals surface area (Å²) >= 11 is 0. The molecule has 0 saturated heterocycles. The molecule has 0 aliphatic heterocycles. The smallest absolute Gasteiger partial charge is 0.422 e. The Morgan fingerprint density at radius 3 is 2.60 bits per heavy atom. The number of aryl methyl sites for hydroxylation is 1. The normalized spacial score (nSPS) is 12.2. The lowest BCUT2D eigenvalue weighted by Crippen LogP contribution is -2.41. The van der Waals surface area contributed by atoms with E-state index in [1.54, 1.807) is 27.7 Å². The van der Waals surface area contributed by atoms with Gasteiger partial charge in [0.15, 0.2) is 17.5 Å². The maximum absolute atomic E-state index is 13.5. The van der Waals surface area contributed by atoms with Gasteiger partial charge in [-0.2, -0.15) is 5.10 Å². The van der Waals surface area contributed by atoms with Crippen LogP contribution in [0.25, 0.3) is 0 Å². The predicted octanol–water partition coefficient (Wildman–Crippen LogP) is 2.21. The molecule has 8 heteroatoms. The van der Waals surface area contributed by atoms with Gasteiger partial charge in [-0.25, -0.2) is 14.1 Å². The summed E-state index contributed by atoms with van der Waals surface area (Å²) in [4.78, 5) is 12.8. The van der Waals surface area contributed by atoms with Gasteiger partial charge in [0.1, 0.15) is 5.60 Å². The molecule has 1 aromatic heterocycles. The van der Waals surface area contributed by atoms with Crippen molar-refractivity contribution in [2.45, 2.75) is 33.3 Å². The predicted molar refractivity (Wildman–Crippen MR) is 73.1 cm³/mol. The third-order valence-corrected chi connectivity index (χ3v) is 2.09. The number of rotatable bonds is 2. The van der Waals surface area contributed by atoms with Gasteiger partial charge in [-0.1, -0.05) is 0 Å². The van der Waals surface area contributed by atoms with Gasteiger partial charge in [-0.3, -0.25) is 10.5 Å². The van der Waals surface area contributed by atoms with Crippen LogP contribution in [0.5, 0.6) is 0 Å². The second kappa shape index (κ2) is 5.72. The summed E-state index contributed by atoms with van der Waals surface area (Å²) in [5.41, 5.74) is 4.90. The summed E-state index contributed by atoms with van der Waals surface area (Å²) < 4.78 is 18.6. The molecule has 0 spiro atoms. The zero-order chi connectivity index (χ0) is 15.5. The number of anilines is 1. The lowest BCUT2D eigenvalue weighted by molar-refractivity contribution is 0.0602. The van der Waals surface area contributed by atoms with E-state index in [4.69, 9.17) is 15.9 Å². The number of amides is 1. The van der Waals surface area contributed by atoms with Gasteiger partial charge in [-0.15, -0.1) is 0 Å². The molecule has 0 saturated carbocycles. The lowest BCUT2D eigenvalue weighted by atomic mass is 10.2. The molecule has 1 amide bonds. The molecule has 0 atom stereocenters. The van der Waals surface area contributed by atoms with Crippen LogP contribution in [0.15, 0.2) is 18.1 Å². The standard InChI is InChI=1S/C12H18FN5O2/c1-7-5-9(17-16-7)18(10(15)8(13)6-14)11(19)20-12(2,3)4/h5-6,15H,14H2,1-4H3,(H,16,17). The highest BCUT2D eigenvalue weighted by atomic mass is 19.1. The number of aromatic nitrogens is 2. The molecular formula is C12H18FN5O2. The fourth-order valence-electron chi connectivity index (χ4n) is 1.31. The molecule has 110 valence electrons. The van der Waals surface area contributed by atoms with Crippen LogP contribution in [-0.4, -0.2) is 27.7 Å². The number of carbonyl (C=O) groups is 1. The maximum Gasteiger partial charge on any atom is 0.422 e. The molecule has 20 heavy (non-hydrogen) atoms. The van der Waals surface area contributed by atoms with Crippen molar-refractivity contribution in [3.63, 3.8) is 0 Å². The van der Waals surface area contributed by atoms with Gasteiger partial charge in [0, 0.05) is 18.0 Å². The molecule has 0 unspecified atom stereocenters. The molecule has 0 aliphatic carbocycles. The highest BCUT2D eigenvalue weighted by Gasteiger charge is 2.30. The molecule has 4 N–H and O–H groups in total. The zero-order valence-electron chi connectivity index (χ0n) is 11.8. The molecule has 0 radical (unpaired) electrons. The molecule has 1 rings (SSSR count). The number of ether oxygens (including phenoxy) is 1. The summed E-state index contributed by atoms with van der Waals surface area (Å²) in [6.45, 7) is 6.70. The summed E-state index contributed by atoms with van der Waals surface area (Å²) in [6.07, 6.45) is -0.315. The number of hydrogen-bond acceptors (Lipinski definition) is 5. The van der Waals surface area contributed by atoms with E-state index >= 15 is 0 Å². The van der Waals surface area contributed by atoms with E-state index in [0.717, 1.165) is 0 Å². The van der Waals surface area contributed by atoms with Crippen LogP contribution in [-0.2, 0) is 4.74 Å². The lowest BCUT2D eigenvalue weighted by Gasteiger charge is -2.25. The van der Waals surface area contributed by atoms with Crippen LogP contribution in [0, 0.1) is 12.3 Å². The number of amidine groups is 1. The van der Waals surface area contributed by atoms with E-state index in [2.05, 4.69) is 10.2 Å². The first kappa shape index (κ1) is 15.7. The fraction of sp³-hybridized carbons (Fsp3) is 0.417. The average molecular weight is 283 g/mol. The molecule has 7 nitrogen and oxygen atoms in total. The van der Waals surface area contributed by atoms with E-state index in [1.807, 2.05) is 0 Å². The highest BCUT2D eigenvalue weighted by molar-refractivity contribution is 6.18. The number of nitrogens with two attached hydrogens (primary N) is 1. The third-order valence-electron chi connectivity index (χ3n) is 2.09. The van der Waals surface area contributed by atoms with Crippen molar-refractivity contribution in [1.29, 1.82) is 5.41 Å². The topological polar surface area (TPSA) is 108 Å². The van der Waals surface area contributed by atoms with Crippen LogP contribution in [0.4, 0.5) is 15.0 Å². The van der Waals surface area contributed by atoms with E-state index in [1.165, 1.54) is 6.07 Å². The van der Waals surface area contributed by atoms with Gasteiger partial charge >= 0.3 is 6.09 Å². The van der Waals surface area contributed by atoms with E-state index < -0.39 is 23.4 Å². The average Bonchev–Trinajstić information content (AvgIpc) is 2.72. The Hall–Kier alpha value is -2.38. The second-order valence-electron chi connectivity index (χ2n) is 5.09. The minimum atomic E-state index is -1.06.